The molecule has 2 aromatic rings. The molecule has 1 aromatic carbocycles. The molecule has 14 heavy (non-hydrogen) atoms. The zero-order valence-corrected chi connectivity index (χ0v) is 8.62. The van der Waals surface area contributed by atoms with Crippen molar-refractivity contribution in [1.29, 1.82) is 5.26 Å². The summed E-state index contributed by atoms with van der Waals surface area (Å²) in [4.78, 5) is 0. The van der Waals surface area contributed by atoms with Crippen molar-refractivity contribution in [2.24, 2.45) is 0 Å². The fourth-order valence-electron chi connectivity index (χ4n) is 1.27. The van der Waals surface area contributed by atoms with Gasteiger partial charge in [0.15, 0.2) is 0 Å². The fraction of sp³-hybridized carbons (Fsp3) is 0.111. The van der Waals surface area contributed by atoms with E-state index in [-0.39, 0.29) is 12.4 Å². The van der Waals surface area contributed by atoms with Crippen LogP contribution in [0.4, 0.5) is 4.39 Å². The van der Waals surface area contributed by atoms with Gasteiger partial charge in [-0.1, -0.05) is 0 Å². The average molecular weight is 254 g/mol. The Kier molecular flexibility index (Phi) is 2.22. The van der Waals surface area contributed by atoms with E-state index in [1.807, 2.05) is 6.07 Å². The van der Waals surface area contributed by atoms with Crippen LogP contribution in [-0.4, -0.2) is 9.78 Å². The van der Waals surface area contributed by atoms with Crippen LogP contribution in [0.1, 0.15) is 0 Å². The minimum Gasteiger partial charge on any atom is -0.251 e. The molecule has 0 amide bonds. The zero-order chi connectivity index (χ0) is 10.1. The number of fused-ring (bicyclic) bond motifs is 1. The third kappa shape index (κ3) is 1.38. The van der Waals surface area contributed by atoms with Crippen LogP contribution in [0, 0.1) is 17.1 Å². The first-order valence-corrected chi connectivity index (χ1v) is 4.69. The van der Waals surface area contributed by atoms with Gasteiger partial charge < -0.3 is 0 Å². The molecule has 3 nitrogen and oxygen atoms in total. The van der Waals surface area contributed by atoms with Crippen LogP contribution < -0.4 is 0 Å². The Morgan fingerprint density at radius 2 is 2.36 bits per heavy atom. The van der Waals surface area contributed by atoms with Gasteiger partial charge in [-0.3, -0.25) is 4.68 Å². The predicted molar refractivity (Wildman–Crippen MR) is 53.0 cm³/mol. The molecule has 0 aliphatic carbocycles. The molecule has 0 bridgehead atoms. The minimum atomic E-state index is -0.325. The molecule has 1 heterocycles. The molecule has 0 unspecified atom stereocenters. The first kappa shape index (κ1) is 9.16. The largest absolute Gasteiger partial charge is 0.251 e. The summed E-state index contributed by atoms with van der Waals surface area (Å²) >= 11 is 3.09. The maximum absolute atomic E-state index is 13.1. The molecule has 0 N–H and O–H groups in total. The van der Waals surface area contributed by atoms with Crippen molar-refractivity contribution in [1.82, 2.24) is 9.78 Å². The van der Waals surface area contributed by atoms with Crippen LogP contribution in [0.15, 0.2) is 22.8 Å². The average Bonchev–Trinajstić information content (AvgIpc) is 2.51. The molecule has 2 rings (SSSR count). The highest BCUT2D eigenvalue weighted by Crippen LogP contribution is 2.22. The second-order valence-corrected chi connectivity index (χ2v) is 3.64. The van der Waals surface area contributed by atoms with Gasteiger partial charge in [0.1, 0.15) is 12.4 Å². The fourth-order valence-corrected chi connectivity index (χ4v) is 1.60. The highest BCUT2D eigenvalue weighted by atomic mass is 79.9. The van der Waals surface area contributed by atoms with Gasteiger partial charge in [-0.05, 0) is 28.1 Å². The molecule has 0 fully saturated rings. The van der Waals surface area contributed by atoms with E-state index < -0.39 is 0 Å². The number of hydrogen-bond acceptors (Lipinski definition) is 2. The van der Waals surface area contributed by atoms with E-state index in [2.05, 4.69) is 21.0 Å². The molecular weight excluding hydrogens is 249 g/mol. The maximum Gasteiger partial charge on any atom is 0.138 e. The summed E-state index contributed by atoms with van der Waals surface area (Å²) in [6.45, 7) is 0.168. The molecule has 0 aliphatic heterocycles. The van der Waals surface area contributed by atoms with Crippen molar-refractivity contribution in [3.05, 3.63) is 28.6 Å². The second-order valence-electron chi connectivity index (χ2n) is 2.79. The Morgan fingerprint density at radius 1 is 1.57 bits per heavy atom. The number of rotatable bonds is 1. The number of aromatic nitrogens is 2. The number of halogens is 2. The van der Waals surface area contributed by atoms with E-state index in [4.69, 9.17) is 5.26 Å². The first-order chi connectivity index (χ1) is 6.72. The maximum atomic E-state index is 13.1. The number of nitriles is 1. The van der Waals surface area contributed by atoms with E-state index in [0.29, 0.717) is 9.86 Å². The second kappa shape index (κ2) is 3.39. The summed E-state index contributed by atoms with van der Waals surface area (Å²) in [5.74, 6) is -0.325. The van der Waals surface area contributed by atoms with Crippen molar-refractivity contribution < 1.29 is 4.39 Å². The Balaban J connectivity index is 2.69. The molecule has 0 spiro atoms. The summed E-state index contributed by atoms with van der Waals surface area (Å²) < 4.78 is 15.0. The quantitative estimate of drug-likeness (QED) is 0.784. The summed E-state index contributed by atoms with van der Waals surface area (Å²) in [6.07, 6.45) is 1.54. The van der Waals surface area contributed by atoms with Crippen molar-refractivity contribution in [2.45, 2.75) is 6.54 Å². The van der Waals surface area contributed by atoms with Crippen LogP contribution >= 0.6 is 15.9 Å². The lowest BCUT2D eigenvalue weighted by Gasteiger charge is -1.98. The van der Waals surface area contributed by atoms with E-state index >= 15 is 0 Å². The van der Waals surface area contributed by atoms with Crippen LogP contribution in [0.3, 0.4) is 0 Å². The summed E-state index contributed by atoms with van der Waals surface area (Å²) in [7, 11) is 0. The third-order valence-corrected chi connectivity index (χ3v) is 2.51. The lowest BCUT2D eigenvalue weighted by Crippen LogP contribution is -1.96. The lowest BCUT2D eigenvalue weighted by molar-refractivity contribution is 0.623. The minimum absolute atomic E-state index is 0.168. The number of hydrogen-bond donors (Lipinski definition) is 0. The molecule has 0 aliphatic rings. The van der Waals surface area contributed by atoms with Gasteiger partial charge in [-0.25, -0.2) is 4.39 Å². The Bertz CT molecular complexity index is 527. The van der Waals surface area contributed by atoms with Gasteiger partial charge in [-0.2, -0.15) is 10.4 Å². The van der Waals surface area contributed by atoms with Gasteiger partial charge in [0.2, 0.25) is 0 Å². The summed E-state index contributed by atoms with van der Waals surface area (Å²) in [5.41, 5.74) is 0.750. The third-order valence-electron chi connectivity index (χ3n) is 1.90. The van der Waals surface area contributed by atoms with E-state index in [0.717, 1.165) is 5.52 Å². The van der Waals surface area contributed by atoms with Crippen molar-refractivity contribution in [2.75, 3.05) is 0 Å². The highest BCUT2D eigenvalue weighted by Gasteiger charge is 2.06. The zero-order valence-electron chi connectivity index (χ0n) is 7.04. The van der Waals surface area contributed by atoms with Crippen LogP contribution in [0.2, 0.25) is 0 Å². The molecule has 5 heteroatoms. The normalized spacial score (nSPS) is 10.4. The Hall–Kier alpha value is -1.41. The highest BCUT2D eigenvalue weighted by molar-refractivity contribution is 9.10. The predicted octanol–water partition coefficient (Wildman–Crippen LogP) is 2.46. The monoisotopic (exact) mass is 253 g/mol. The standard InChI is InChI=1S/C9H5BrFN3/c10-7-4-9-6(3-8(7)11)5-13-14(9)2-1-12/h3-5H,2H2. The first-order valence-electron chi connectivity index (χ1n) is 3.90. The van der Waals surface area contributed by atoms with Gasteiger partial charge in [-0.15, -0.1) is 0 Å². The van der Waals surface area contributed by atoms with Gasteiger partial charge >= 0.3 is 0 Å². The Labute approximate surface area is 87.9 Å². The molecule has 1 aromatic heterocycles. The van der Waals surface area contributed by atoms with E-state index in [1.165, 1.54) is 10.7 Å². The van der Waals surface area contributed by atoms with Crippen LogP contribution in [0.25, 0.3) is 10.9 Å². The lowest BCUT2D eigenvalue weighted by atomic mass is 10.2. The Morgan fingerprint density at radius 3 is 3.07 bits per heavy atom. The van der Waals surface area contributed by atoms with Gasteiger partial charge in [0, 0.05) is 5.39 Å². The molecule has 0 radical (unpaired) electrons. The van der Waals surface area contributed by atoms with Gasteiger partial charge in [0.05, 0.1) is 22.3 Å². The SMILES string of the molecule is N#CCn1ncc2cc(F)c(Br)cc21. The summed E-state index contributed by atoms with van der Waals surface area (Å²) in [6, 6.07) is 5.00. The van der Waals surface area contributed by atoms with Crippen molar-refractivity contribution in [3.63, 3.8) is 0 Å². The molecule has 0 atom stereocenters. The molecule has 0 saturated heterocycles. The number of nitrogens with zero attached hydrogens (tertiary/aromatic N) is 3. The molecule has 0 saturated carbocycles. The molecule has 70 valence electrons. The van der Waals surface area contributed by atoms with Crippen molar-refractivity contribution in [3.8, 4) is 6.07 Å². The summed E-state index contributed by atoms with van der Waals surface area (Å²) in [5, 5.41) is 13.2. The van der Waals surface area contributed by atoms with E-state index in [1.54, 1.807) is 12.3 Å². The smallest absolute Gasteiger partial charge is 0.138 e. The number of benzene rings is 1. The van der Waals surface area contributed by atoms with Crippen LogP contribution in [-0.2, 0) is 6.54 Å². The van der Waals surface area contributed by atoms with Crippen molar-refractivity contribution >= 4 is 26.8 Å². The van der Waals surface area contributed by atoms with Gasteiger partial charge in [0.25, 0.3) is 0 Å². The topological polar surface area (TPSA) is 41.6 Å². The van der Waals surface area contributed by atoms with E-state index in [9.17, 15) is 4.39 Å². The van der Waals surface area contributed by atoms with Crippen LogP contribution in [0.5, 0.6) is 0 Å². The molecular formula is C9H5BrFN3.